The van der Waals surface area contributed by atoms with E-state index in [1.807, 2.05) is 18.2 Å². The topological polar surface area (TPSA) is 175 Å². The minimum atomic E-state index is -1.39. The third-order valence-corrected chi connectivity index (χ3v) is 3.91. The van der Waals surface area contributed by atoms with Crippen molar-refractivity contribution in [2.24, 2.45) is 0 Å². The molecule has 0 aromatic heterocycles. The van der Waals surface area contributed by atoms with E-state index in [0.717, 1.165) is 5.56 Å². The average molecular weight is 469 g/mol. The van der Waals surface area contributed by atoms with Crippen molar-refractivity contribution in [3.63, 3.8) is 0 Å². The van der Waals surface area contributed by atoms with Gasteiger partial charge in [-0.25, -0.2) is 9.59 Å². The average Bonchev–Trinajstić information content (AvgIpc) is 2.76. The van der Waals surface area contributed by atoms with E-state index < -0.39 is 54.9 Å². The zero-order valence-corrected chi connectivity index (χ0v) is 18.9. The number of ether oxygens (including phenoxy) is 2. The van der Waals surface area contributed by atoms with Crippen molar-refractivity contribution < 1.29 is 38.9 Å². The molecule has 4 amide bonds. The summed E-state index contributed by atoms with van der Waals surface area (Å²) in [6.45, 7) is 3.56. The van der Waals surface area contributed by atoms with Crippen LogP contribution in [0.15, 0.2) is 30.3 Å². The minimum absolute atomic E-state index is 0.00519. The second-order valence-electron chi connectivity index (χ2n) is 7.90. The van der Waals surface area contributed by atoms with Gasteiger partial charge in [0.2, 0.25) is 11.8 Å². The van der Waals surface area contributed by atoms with Crippen LogP contribution in [0.1, 0.15) is 26.3 Å². The third kappa shape index (κ3) is 11.7. The van der Waals surface area contributed by atoms with Crippen molar-refractivity contribution in [2.75, 3.05) is 26.3 Å². The van der Waals surface area contributed by atoms with E-state index in [4.69, 9.17) is 9.47 Å². The summed E-state index contributed by atoms with van der Waals surface area (Å²) < 4.78 is 10.0. The van der Waals surface area contributed by atoms with Gasteiger partial charge in [-0.1, -0.05) is 30.3 Å². The molecular formula is C21H32N4O8. The molecule has 0 unspecified atom stereocenters. The lowest BCUT2D eigenvalue weighted by molar-refractivity contribution is -0.131. The second kappa shape index (κ2) is 13.9. The Morgan fingerprint density at radius 1 is 0.848 bits per heavy atom. The first-order valence-corrected chi connectivity index (χ1v) is 10.3. The Labute approximate surface area is 192 Å². The van der Waals surface area contributed by atoms with Crippen LogP contribution in [0.5, 0.6) is 0 Å². The van der Waals surface area contributed by atoms with Gasteiger partial charge in [-0.3, -0.25) is 9.59 Å². The maximum Gasteiger partial charge on any atom is 0.408 e. The van der Waals surface area contributed by atoms with Crippen molar-refractivity contribution >= 4 is 24.0 Å². The highest BCUT2D eigenvalue weighted by molar-refractivity contribution is 5.91. The fourth-order valence-corrected chi connectivity index (χ4v) is 2.36. The summed E-state index contributed by atoms with van der Waals surface area (Å²) in [5.41, 5.74) is 0.0145. The molecule has 0 aliphatic heterocycles. The summed E-state index contributed by atoms with van der Waals surface area (Å²) in [6.07, 6.45) is -1.59. The van der Waals surface area contributed by atoms with Gasteiger partial charge in [0.05, 0.1) is 13.2 Å². The van der Waals surface area contributed by atoms with E-state index in [9.17, 15) is 29.4 Å². The van der Waals surface area contributed by atoms with E-state index in [0.29, 0.717) is 0 Å². The molecule has 1 rings (SSSR count). The van der Waals surface area contributed by atoms with Crippen LogP contribution >= 0.6 is 0 Å². The van der Waals surface area contributed by atoms with E-state index in [-0.39, 0.29) is 19.7 Å². The van der Waals surface area contributed by atoms with Crippen LogP contribution < -0.4 is 21.3 Å². The number of hydrogen-bond donors (Lipinski definition) is 6. The van der Waals surface area contributed by atoms with Gasteiger partial charge in [-0.2, -0.15) is 0 Å². The predicted octanol–water partition coefficient (Wildman–Crippen LogP) is -0.608. The Kier molecular flexibility index (Phi) is 11.7. The molecule has 33 heavy (non-hydrogen) atoms. The molecule has 1 aromatic carbocycles. The lowest BCUT2D eigenvalue weighted by Gasteiger charge is -2.23. The number of alkyl carbamates (subject to hydrolysis) is 2. The van der Waals surface area contributed by atoms with Gasteiger partial charge >= 0.3 is 12.2 Å². The Morgan fingerprint density at radius 2 is 1.42 bits per heavy atom. The first-order valence-electron chi connectivity index (χ1n) is 10.3. The largest absolute Gasteiger partial charge is 0.445 e. The van der Waals surface area contributed by atoms with E-state index in [2.05, 4.69) is 21.3 Å². The van der Waals surface area contributed by atoms with Crippen LogP contribution in [0.25, 0.3) is 0 Å². The standard InChI is InChI=1S/C21H32N4O8/c1-21(2,3)33-20(31)25-16(12-27)18(29)24-15(11-26)17(28)22-9-10-23-19(30)32-13-14-7-5-4-6-8-14/h4-8,15-16,26-27H,9-13H2,1-3H3,(H,22,28)(H,23,30)(H,24,29)(H,25,31)/t15-,16-/m0/s1. The third-order valence-electron chi connectivity index (χ3n) is 3.91. The fourth-order valence-electron chi connectivity index (χ4n) is 2.36. The van der Waals surface area contributed by atoms with Crippen molar-refractivity contribution in [1.82, 2.24) is 21.3 Å². The molecule has 1 aromatic rings. The van der Waals surface area contributed by atoms with Crippen molar-refractivity contribution in [3.8, 4) is 0 Å². The van der Waals surface area contributed by atoms with Crippen LogP contribution in [0.3, 0.4) is 0 Å². The van der Waals surface area contributed by atoms with Crippen molar-refractivity contribution in [3.05, 3.63) is 35.9 Å². The second-order valence-corrected chi connectivity index (χ2v) is 7.90. The lowest BCUT2D eigenvalue weighted by Crippen LogP contribution is -2.56. The number of amides is 4. The predicted molar refractivity (Wildman–Crippen MR) is 117 cm³/mol. The first-order chi connectivity index (χ1) is 15.6. The van der Waals surface area contributed by atoms with E-state index in [1.54, 1.807) is 32.9 Å². The van der Waals surface area contributed by atoms with Gasteiger partial charge in [-0.15, -0.1) is 0 Å². The zero-order chi connectivity index (χ0) is 24.9. The van der Waals surface area contributed by atoms with Crippen molar-refractivity contribution in [2.45, 2.75) is 45.1 Å². The molecule has 12 nitrogen and oxygen atoms in total. The number of aliphatic hydroxyl groups is 2. The molecule has 0 saturated carbocycles. The number of nitrogens with one attached hydrogen (secondary N) is 4. The minimum Gasteiger partial charge on any atom is -0.445 e. The van der Waals surface area contributed by atoms with E-state index >= 15 is 0 Å². The maximum atomic E-state index is 12.3. The van der Waals surface area contributed by atoms with Gasteiger partial charge in [0.15, 0.2) is 0 Å². The lowest BCUT2D eigenvalue weighted by atomic mass is 10.2. The van der Waals surface area contributed by atoms with Gasteiger partial charge in [0.25, 0.3) is 0 Å². The number of aliphatic hydroxyl groups excluding tert-OH is 2. The fraction of sp³-hybridized carbons (Fsp3) is 0.524. The normalized spacial score (nSPS) is 12.6. The molecule has 0 saturated heterocycles. The SMILES string of the molecule is CC(C)(C)OC(=O)N[C@@H](CO)C(=O)N[C@@H](CO)C(=O)NCCNC(=O)OCc1ccccc1. The van der Waals surface area contributed by atoms with Gasteiger partial charge in [0, 0.05) is 13.1 Å². The highest BCUT2D eigenvalue weighted by Gasteiger charge is 2.27. The number of hydrogen-bond acceptors (Lipinski definition) is 8. The molecule has 0 fully saturated rings. The van der Waals surface area contributed by atoms with Gasteiger partial charge < -0.3 is 41.0 Å². The van der Waals surface area contributed by atoms with Gasteiger partial charge in [-0.05, 0) is 26.3 Å². The van der Waals surface area contributed by atoms with Gasteiger partial charge in [0.1, 0.15) is 24.3 Å². The first kappa shape index (κ1) is 27.7. The summed E-state index contributed by atoms with van der Waals surface area (Å²) >= 11 is 0. The van der Waals surface area contributed by atoms with E-state index in [1.165, 1.54) is 0 Å². The number of benzene rings is 1. The molecule has 12 heteroatoms. The molecule has 0 aliphatic rings. The highest BCUT2D eigenvalue weighted by Crippen LogP contribution is 2.06. The summed E-state index contributed by atoms with van der Waals surface area (Å²) in [5, 5.41) is 28.1. The molecule has 0 aliphatic carbocycles. The molecule has 2 atom stereocenters. The molecule has 0 bridgehead atoms. The Hall–Kier alpha value is -3.38. The summed E-state index contributed by atoms with van der Waals surface area (Å²) in [6, 6.07) is 6.37. The van der Waals surface area contributed by atoms with Crippen LogP contribution in [0.4, 0.5) is 9.59 Å². The molecule has 0 heterocycles. The van der Waals surface area contributed by atoms with Crippen LogP contribution in [-0.2, 0) is 25.7 Å². The molecule has 184 valence electrons. The molecule has 6 N–H and O–H groups in total. The quantitative estimate of drug-likeness (QED) is 0.233. The van der Waals surface area contributed by atoms with Crippen molar-refractivity contribution in [1.29, 1.82) is 0 Å². The molecular weight excluding hydrogens is 436 g/mol. The Bertz CT molecular complexity index is 782. The summed E-state index contributed by atoms with van der Waals surface area (Å²) in [5.74, 6) is -1.61. The Morgan fingerprint density at radius 3 is 2.00 bits per heavy atom. The number of carbonyl (C=O) groups is 4. The number of carbonyl (C=O) groups excluding carboxylic acids is 4. The zero-order valence-electron chi connectivity index (χ0n) is 18.9. The summed E-state index contributed by atoms with van der Waals surface area (Å²) in [4.78, 5) is 47.9. The number of rotatable bonds is 11. The maximum absolute atomic E-state index is 12.3. The smallest absolute Gasteiger partial charge is 0.408 e. The molecule has 0 radical (unpaired) electrons. The van der Waals surface area contributed by atoms with Crippen LogP contribution in [0, 0.1) is 0 Å². The van der Waals surface area contributed by atoms with Crippen LogP contribution in [0.2, 0.25) is 0 Å². The Balaban J connectivity index is 2.38. The highest BCUT2D eigenvalue weighted by atomic mass is 16.6. The molecule has 0 spiro atoms. The van der Waals surface area contributed by atoms with Crippen LogP contribution in [-0.4, -0.2) is 78.2 Å². The summed E-state index contributed by atoms with van der Waals surface area (Å²) in [7, 11) is 0. The monoisotopic (exact) mass is 468 g/mol.